The predicted octanol–water partition coefficient (Wildman–Crippen LogP) is 4.75. The Bertz CT molecular complexity index is 539. The SMILES string of the molecule is CC1CCC(Oc2ccc(Br)cc2C=CC(=O)O)CC1C. The van der Waals surface area contributed by atoms with Gasteiger partial charge in [0.15, 0.2) is 0 Å². The molecule has 0 aliphatic heterocycles. The van der Waals surface area contributed by atoms with E-state index in [4.69, 9.17) is 9.84 Å². The Balaban J connectivity index is 2.14. The van der Waals surface area contributed by atoms with Crippen LogP contribution in [0.3, 0.4) is 0 Å². The lowest BCUT2D eigenvalue weighted by Gasteiger charge is -2.32. The lowest BCUT2D eigenvalue weighted by molar-refractivity contribution is -0.131. The highest BCUT2D eigenvalue weighted by Crippen LogP contribution is 2.33. The first-order chi connectivity index (χ1) is 9.95. The van der Waals surface area contributed by atoms with Crippen molar-refractivity contribution in [3.8, 4) is 5.75 Å². The number of aliphatic carboxylic acids is 1. The normalized spacial score (nSPS) is 26.0. The average molecular weight is 353 g/mol. The minimum Gasteiger partial charge on any atom is -0.490 e. The van der Waals surface area contributed by atoms with Crippen LogP contribution in [0.25, 0.3) is 6.08 Å². The quantitative estimate of drug-likeness (QED) is 0.795. The van der Waals surface area contributed by atoms with E-state index in [9.17, 15) is 4.79 Å². The van der Waals surface area contributed by atoms with Crippen molar-refractivity contribution in [1.82, 2.24) is 0 Å². The molecule has 0 bridgehead atoms. The Labute approximate surface area is 134 Å². The number of ether oxygens (including phenoxy) is 1. The number of carboxylic acids is 1. The molecule has 2 rings (SSSR count). The van der Waals surface area contributed by atoms with Gasteiger partial charge in [0, 0.05) is 16.1 Å². The summed E-state index contributed by atoms with van der Waals surface area (Å²) >= 11 is 3.41. The third kappa shape index (κ3) is 4.60. The molecule has 114 valence electrons. The van der Waals surface area contributed by atoms with Crippen LogP contribution in [0.4, 0.5) is 0 Å². The van der Waals surface area contributed by atoms with Crippen molar-refractivity contribution >= 4 is 28.0 Å². The van der Waals surface area contributed by atoms with Crippen LogP contribution in [0.1, 0.15) is 38.7 Å². The van der Waals surface area contributed by atoms with E-state index < -0.39 is 5.97 Å². The van der Waals surface area contributed by atoms with Crippen molar-refractivity contribution in [3.05, 3.63) is 34.3 Å². The Hall–Kier alpha value is -1.29. The fourth-order valence-corrected chi connectivity index (χ4v) is 3.08. The maximum absolute atomic E-state index is 10.7. The van der Waals surface area contributed by atoms with Gasteiger partial charge >= 0.3 is 5.97 Å². The largest absolute Gasteiger partial charge is 0.490 e. The maximum Gasteiger partial charge on any atom is 0.328 e. The zero-order chi connectivity index (χ0) is 15.4. The molecule has 1 aromatic carbocycles. The van der Waals surface area contributed by atoms with Gasteiger partial charge in [-0.05, 0) is 55.4 Å². The van der Waals surface area contributed by atoms with Crippen molar-refractivity contribution in [2.24, 2.45) is 11.8 Å². The molecular formula is C17H21BrO3. The van der Waals surface area contributed by atoms with Crippen LogP contribution in [0.15, 0.2) is 28.7 Å². The molecule has 1 aliphatic rings. The average Bonchev–Trinajstić information content (AvgIpc) is 2.43. The van der Waals surface area contributed by atoms with Gasteiger partial charge in [-0.2, -0.15) is 0 Å². The van der Waals surface area contributed by atoms with Gasteiger partial charge < -0.3 is 9.84 Å². The Morgan fingerprint density at radius 1 is 1.33 bits per heavy atom. The molecule has 1 fully saturated rings. The van der Waals surface area contributed by atoms with E-state index in [0.29, 0.717) is 5.92 Å². The van der Waals surface area contributed by atoms with Crippen LogP contribution < -0.4 is 4.74 Å². The number of hydrogen-bond acceptors (Lipinski definition) is 2. The van der Waals surface area contributed by atoms with Gasteiger partial charge in [0.1, 0.15) is 5.75 Å². The van der Waals surface area contributed by atoms with Crippen LogP contribution in [-0.2, 0) is 4.79 Å². The van der Waals surface area contributed by atoms with Gasteiger partial charge in [-0.15, -0.1) is 0 Å². The van der Waals surface area contributed by atoms with Crippen molar-refractivity contribution in [1.29, 1.82) is 0 Å². The number of halogens is 1. The molecule has 3 nitrogen and oxygen atoms in total. The van der Waals surface area contributed by atoms with Gasteiger partial charge in [0.05, 0.1) is 6.10 Å². The Kier molecular flexibility index (Phi) is 5.45. The molecule has 0 amide bonds. The zero-order valence-electron chi connectivity index (χ0n) is 12.4. The summed E-state index contributed by atoms with van der Waals surface area (Å²) in [7, 11) is 0. The first kappa shape index (κ1) is 16.1. The molecule has 21 heavy (non-hydrogen) atoms. The van der Waals surface area contributed by atoms with E-state index in [1.165, 1.54) is 6.42 Å². The van der Waals surface area contributed by atoms with E-state index >= 15 is 0 Å². The second-order valence-electron chi connectivity index (χ2n) is 5.86. The van der Waals surface area contributed by atoms with Crippen LogP contribution in [0.5, 0.6) is 5.75 Å². The summed E-state index contributed by atoms with van der Waals surface area (Å²) in [6, 6.07) is 5.69. The molecule has 1 aliphatic carbocycles. The van der Waals surface area contributed by atoms with Crippen molar-refractivity contribution in [2.75, 3.05) is 0 Å². The van der Waals surface area contributed by atoms with E-state index in [-0.39, 0.29) is 6.10 Å². The van der Waals surface area contributed by atoms with Crippen molar-refractivity contribution in [2.45, 2.75) is 39.2 Å². The molecule has 0 radical (unpaired) electrons. The summed E-state index contributed by atoms with van der Waals surface area (Å²) in [5.41, 5.74) is 0.790. The third-order valence-corrected chi connectivity index (χ3v) is 4.71. The van der Waals surface area contributed by atoms with Gasteiger partial charge in [-0.3, -0.25) is 0 Å². The van der Waals surface area contributed by atoms with Crippen molar-refractivity contribution in [3.63, 3.8) is 0 Å². The molecule has 3 unspecified atom stereocenters. The summed E-state index contributed by atoms with van der Waals surface area (Å²) in [5.74, 6) is 1.21. The molecule has 1 saturated carbocycles. The topological polar surface area (TPSA) is 46.5 Å². The molecular weight excluding hydrogens is 332 g/mol. The summed E-state index contributed by atoms with van der Waals surface area (Å²) in [6.45, 7) is 4.56. The van der Waals surface area contributed by atoms with Crippen LogP contribution in [0.2, 0.25) is 0 Å². The highest BCUT2D eigenvalue weighted by Gasteiger charge is 2.26. The minimum atomic E-state index is -0.957. The highest BCUT2D eigenvalue weighted by atomic mass is 79.9. The summed E-state index contributed by atoms with van der Waals surface area (Å²) < 4.78 is 7.04. The van der Waals surface area contributed by atoms with E-state index in [0.717, 1.165) is 40.6 Å². The monoisotopic (exact) mass is 352 g/mol. The van der Waals surface area contributed by atoms with Gasteiger partial charge in [-0.25, -0.2) is 4.79 Å². The van der Waals surface area contributed by atoms with Crippen molar-refractivity contribution < 1.29 is 14.6 Å². The summed E-state index contributed by atoms with van der Waals surface area (Å²) in [5, 5.41) is 8.78. The first-order valence-electron chi connectivity index (χ1n) is 7.33. The molecule has 3 atom stereocenters. The molecule has 0 spiro atoms. The van der Waals surface area contributed by atoms with Crippen LogP contribution in [-0.4, -0.2) is 17.2 Å². The van der Waals surface area contributed by atoms with E-state index in [1.807, 2.05) is 18.2 Å². The molecule has 4 heteroatoms. The lowest BCUT2D eigenvalue weighted by Crippen LogP contribution is -2.28. The van der Waals surface area contributed by atoms with E-state index in [2.05, 4.69) is 29.8 Å². The number of carboxylic acid groups (broad SMARTS) is 1. The van der Waals surface area contributed by atoms with Crippen LogP contribution in [0, 0.1) is 11.8 Å². The van der Waals surface area contributed by atoms with Gasteiger partial charge in [0.25, 0.3) is 0 Å². The standard InChI is InChI=1S/C17H21BrO3/c1-11-3-6-15(9-12(11)2)21-16-7-5-14(18)10-13(16)4-8-17(19)20/h4-5,7-8,10-12,15H,3,6,9H2,1-2H3,(H,19,20). The molecule has 0 aromatic heterocycles. The number of carbonyl (C=O) groups is 1. The molecule has 0 heterocycles. The first-order valence-corrected chi connectivity index (χ1v) is 8.12. The molecule has 1 aromatic rings. The molecule has 0 saturated heterocycles. The number of benzene rings is 1. The Morgan fingerprint density at radius 3 is 2.76 bits per heavy atom. The maximum atomic E-state index is 10.7. The third-order valence-electron chi connectivity index (χ3n) is 4.22. The predicted molar refractivity (Wildman–Crippen MR) is 87.4 cm³/mol. The van der Waals surface area contributed by atoms with Gasteiger partial charge in [0.2, 0.25) is 0 Å². The Morgan fingerprint density at radius 2 is 2.10 bits per heavy atom. The zero-order valence-corrected chi connectivity index (χ0v) is 14.0. The summed E-state index contributed by atoms with van der Waals surface area (Å²) in [4.78, 5) is 10.7. The molecule has 1 N–H and O–H groups in total. The smallest absolute Gasteiger partial charge is 0.328 e. The lowest BCUT2D eigenvalue weighted by atomic mass is 9.80. The minimum absolute atomic E-state index is 0.217. The summed E-state index contributed by atoms with van der Waals surface area (Å²) in [6.07, 6.45) is 6.23. The van der Waals surface area contributed by atoms with E-state index in [1.54, 1.807) is 6.08 Å². The van der Waals surface area contributed by atoms with Crippen LogP contribution >= 0.6 is 15.9 Å². The second-order valence-corrected chi connectivity index (χ2v) is 6.78. The number of hydrogen-bond donors (Lipinski definition) is 1. The highest BCUT2D eigenvalue weighted by molar-refractivity contribution is 9.10. The fourth-order valence-electron chi connectivity index (χ4n) is 2.70. The van der Waals surface area contributed by atoms with Gasteiger partial charge in [-0.1, -0.05) is 29.8 Å². The number of rotatable bonds is 4. The fraction of sp³-hybridized carbons (Fsp3) is 0.471. The second kappa shape index (κ2) is 7.12.